The van der Waals surface area contributed by atoms with Gasteiger partial charge in [-0.3, -0.25) is 0 Å². The van der Waals surface area contributed by atoms with Gasteiger partial charge < -0.3 is 5.73 Å². The van der Waals surface area contributed by atoms with E-state index in [2.05, 4.69) is 20.8 Å². The molecule has 0 aromatic carbocycles. The number of nitrogens with two attached hydrogens (primary N) is 1. The Labute approximate surface area is 99.6 Å². The molecule has 0 aromatic rings. The van der Waals surface area contributed by atoms with E-state index in [1.165, 1.54) is 38.5 Å². The summed E-state index contributed by atoms with van der Waals surface area (Å²) in [5, 5.41) is 0. The maximum Gasteiger partial charge on any atom is 0.0133 e. The zero-order chi connectivity index (χ0) is 11.3. The Balaban J connectivity index is 2.14. The standard InChI is InChI=1S/C13H27NS/c1-13(2,3)15-10-12(14)9-11-7-5-4-6-8-11/h11-12H,4-10,14H2,1-3H3/t12-/m0/s1. The molecule has 0 amide bonds. The molecule has 1 aliphatic carbocycles. The van der Waals surface area contributed by atoms with Gasteiger partial charge in [-0.15, -0.1) is 0 Å². The van der Waals surface area contributed by atoms with E-state index in [0.29, 0.717) is 10.8 Å². The van der Waals surface area contributed by atoms with Gasteiger partial charge in [-0.25, -0.2) is 0 Å². The second-order valence-electron chi connectivity index (χ2n) is 5.92. The fourth-order valence-corrected chi connectivity index (χ4v) is 3.13. The van der Waals surface area contributed by atoms with Gasteiger partial charge in [0.1, 0.15) is 0 Å². The Hall–Kier alpha value is 0.310. The van der Waals surface area contributed by atoms with E-state index >= 15 is 0 Å². The van der Waals surface area contributed by atoms with Crippen LogP contribution in [0.1, 0.15) is 59.3 Å². The molecular weight excluding hydrogens is 202 g/mol. The summed E-state index contributed by atoms with van der Waals surface area (Å²) >= 11 is 2.01. The zero-order valence-electron chi connectivity index (χ0n) is 10.6. The Bertz CT molecular complexity index is 168. The van der Waals surface area contributed by atoms with Crippen molar-refractivity contribution in [3.05, 3.63) is 0 Å². The Morgan fingerprint density at radius 1 is 1.20 bits per heavy atom. The van der Waals surface area contributed by atoms with Gasteiger partial charge in [-0.1, -0.05) is 52.9 Å². The van der Waals surface area contributed by atoms with Gasteiger partial charge in [-0.05, 0) is 12.3 Å². The third-order valence-corrected chi connectivity index (χ3v) is 4.55. The summed E-state index contributed by atoms with van der Waals surface area (Å²) < 4.78 is 0.365. The van der Waals surface area contributed by atoms with Crippen LogP contribution in [0.2, 0.25) is 0 Å². The topological polar surface area (TPSA) is 26.0 Å². The molecule has 0 bridgehead atoms. The smallest absolute Gasteiger partial charge is 0.0133 e. The number of thioether (sulfide) groups is 1. The maximum absolute atomic E-state index is 6.19. The lowest BCUT2D eigenvalue weighted by molar-refractivity contribution is 0.324. The summed E-state index contributed by atoms with van der Waals surface area (Å²) in [5.74, 6) is 2.05. The van der Waals surface area contributed by atoms with Crippen LogP contribution in [0.3, 0.4) is 0 Å². The molecule has 1 saturated carbocycles. The molecule has 0 aromatic heterocycles. The van der Waals surface area contributed by atoms with Crippen molar-refractivity contribution in [1.29, 1.82) is 0 Å². The number of hydrogen-bond donors (Lipinski definition) is 1. The van der Waals surface area contributed by atoms with Crippen molar-refractivity contribution in [2.75, 3.05) is 5.75 Å². The first-order chi connectivity index (χ1) is 6.97. The molecular formula is C13H27NS. The van der Waals surface area contributed by atoms with Gasteiger partial charge in [-0.2, -0.15) is 11.8 Å². The molecule has 1 fully saturated rings. The zero-order valence-corrected chi connectivity index (χ0v) is 11.4. The molecule has 0 saturated heterocycles. The summed E-state index contributed by atoms with van der Waals surface area (Å²) in [6.45, 7) is 6.81. The van der Waals surface area contributed by atoms with E-state index in [1.807, 2.05) is 11.8 Å². The van der Waals surface area contributed by atoms with Crippen LogP contribution >= 0.6 is 11.8 Å². The second-order valence-corrected chi connectivity index (χ2v) is 7.77. The molecule has 1 aliphatic rings. The first kappa shape index (κ1) is 13.4. The summed E-state index contributed by atoms with van der Waals surface area (Å²) in [5.41, 5.74) is 6.19. The van der Waals surface area contributed by atoms with Crippen molar-refractivity contribution >= 4 is 11.8 Å². The molecule has 1 nitrogen and oxygen atoms in total. The highest BCUT2D eigenvalue weighted by Crippen LogP contribution is 2.29. The first-order valence-electron chi connectivity index (χ1n) is 6.37. The monoisotopic (exact) mass is 229 g/mol. The SMILES string of the molecule is CC(C)(C)SC[C@@H](N)CC1CCCCC1. The predicted molar refractivity (Wildman–Crippen MR) is 71.4 cm³/mol. The summed E-state index contributed by atoms with van der Waals surface area (Å²) in [7, 11) is 0. The Kier molecular flexibility index (Phi) is 5.48. The highest BCUT2D eigenvalue weighted by Gasteiger charge is 2.18. The van der Waals surface area contributed by atoms with Crippen LogP contribution in [0.5, 0.6) is 0 Å². The van der Waals surface area contributed by atoms with Crippen LogP contribution in [0.4, 0.5) is 0 Å². The van der Waals surface area contributed by atoms with E-state index in [0.717, 1.165) is 11.7 Å². The van der Waals surface area contributed by atoms with Crippen molar-refractivity contribution < 1.29 is 0 Å². The van der Waals surface area contributed by atoms with Crippen LogP contribution in [-0.2, 0) is 0 Å². The molecule has 0 spiro atoms. The van der Waals surface area contributed by atoms with E-state index in [-0.39, 0.29) is 0 Å². The van der Waals surface area contributed by atoms with Gasteiger partial charge in [0.15, 0.2) is 0 Å². The molecule has 15 heavy (non-hydrogen) atoms. The summed E-state index contributed by atoms with van der Waals surface area (Å²) in [6.07, 6.45) is 8.42. The van der Waals surface area contributed by atoms with Gasteiger partial charge >= 0.3 is 0 Å². The highest BCUT2D eigenvalue weighted by molar-refractivity contribution is 8.00. The van der Waals surface area contributed by atoms with Gasteiger partial charge in [0.05, 0.1) is 0 Å². The van der Waals surface area contributed by atoms with Crippen molar-refractivity contribution in [1.82, 2.24) is 0 Å². The second kappa shape index (κ2) is 6.15. The Morgan fingerprint density at radius 2 is 1.80 bits per heavy atom. The molecule has 0 aliphatic heterocycles. The van der Waals surface area contributed by atoms with Crippen LogP contribution in [0.15, 0.2) is 0 Å². The van der Waals surface area contributed by atoms with E-state index in [4.69, 9.17) is 5.73 Å². The van der Waals surface area contributed by atoms with Crippen LogP contribution < -0.4 is 5.73 Å². The molecule has 0 unspecified atom stereocenters. The molecule has 0 heterocycles. The molecule has 0 radical (unpaired) electrons. The minimum atomic E-state index is 0.365. The lowest BCUT2D eigenvalue weighted by Gasteiger charge is -2.26. The minimum Gasteiger partial charge on any atom is -0.327 e. The van der Waals surface area contributed by atoms with Crippen LogP contribution in [0.25, 0.3) is 0 Å². The average molecular weight is 229 g/mol. The summed E-state index contributed by atoms with van der Waals surface area (Å²) in [4.78, 5) is 0. The minimum absolute atomic E-state index is 0.365. The fraction of sp³-hybridized carbons (Fsp3) is 1.00. The van der Waals surface area contributed by atoms with E-state index in [1.54, 1.807) is 0 Å². The molecule has 1 rings (SSSR count). The van der Waals surface area contributed by atoms with Gasteiger partial charge in [0, 0.05) is 16.5 Å². The third kappa shape index (κ3) is 6.47. The molecule has 2 N–H and O–H groups in total. The molecule has 90 valence electrons. The van der Waals surface area contributed by atoms with Gasteiger partial charge in [0.2, 0.25) is 0 Å². The maximum atomic E-state index is 6.19. The number of hydrogen-bond acceptors (Lipinski definition) is 2. The van der Waals surface area contributed by atoms with Crippen molar-refractivity contribution in [2.45, 2.75) is 70.1 Å². The quantitative estimate of drug-likeness (QED) is 0.793. The van der Waals surface area contributed by atoms with Crippen LogP contribution in [0, 0.1) is 5.92 Å². The lowest BCUT2D eigenvalue weighted by Crippen LogP contribution is -2.29. The Morgan fingerprint density at radius 3 is 2.33 bits per heavy atom. The van der Waals surface area contributed by atoms with Crippen molar-refractivity contribution in [3.63, 3.8) is 0 Å². The van der Waals surface area contributed by atoms with Crippen molar-refractivity contribution in [3.8, 4) is 0 Å². The fourth-order valence-electron chi connectivity index (χ4n) is 2.28. The normalized spacial score (nSPS) is 21.6. The van der Waals surface area contributed by atoms with Crippen LogP contribution in [-0.4, -0.2) is 16.5 Å². The third-order valence-electron chi connectivity index (χ3n) is 3.09. The number of rotatable bonds is 4. The predicted octanol–water partition coefficient (Wildman–Crippen LogP) is 3.82. The summed E-state index contributed by atoms with van der Waals surface area (Å²) in [6, 6.07) is 0.414. The van der Waals surface area contributed by atoms with Crippen molar-refractivity contribution in [2.24, 2.45) is 11.7 Å². The van der Waals surface area contributed by atoms with Gasteiger partial charge in [0.25, 0.3) is 0 Å². The van der Waals surface area contributed by atoms with E-state index < -0.39 is 0 Å². The van der Waals surface area contributed by atoms with E-state index in [9.17, 15) is 0 Å². The largest absolute Gasteiger partial charge is 0.327 e. The average Bonchev–Trinajstić information content (AvgIpc) is 2.15. The lowest BCUT2D eigenvalue weighted by atomic mass is 9.85. The molecule has 1 atom stereocenters. The first-order valence-corrected chi connectivity index (χ1v) is 7.35. The molecule has 2 heteroatoms. The highest BCUT2D eigenvalue weighted by atomic mass is 32.2.